The average Bonchev–Trinajstić information content (AvgIpc) is 2.97. The number of aliphatic hydroxyl groups is 1. The minimum Gasteiger partial charge on any atom is -0.390 e. The summed E-state index contributed by atoms with van der Waals surface area (Å²) in [5.41, 5.74) is -0.699. The number of rotatable bonds is 5. The number of anilines is 1. The number of nitrogens with zero attached hydrogens (tertiary/aromatic N) is 3. The summed E-state index contributed by atoms with van der Waals surface area (Å²) >= 11 is 0. The standard InChI is InChI=1S/C21H31BFN5O2/c1-27-19(24-11-12-2-4-28(22)5-3-12)16(23)18(26-27)20(29)25-17-14-6-13-7-15(17)10-21(30,8-13)9-14/h12-15,17,24,30H,2-11H2,1H3,(H,25,29). The van der Waals surface area contributed by atoms with Crippen molar-refractivity contribution in [1.82, 2.24) is 19.9 Å². The van der Waals surface area contributed by atoms with Crippen LogP contribution < -0.4 is 10.6 Å². The monoisotopic (exact) mass is 415 g/mol. The van der Waals surface area contributed by atoms with Gasteiger partial charge in [0.2, 0.25) is 0 Å². The number of hydrogen-bond donors (Lipinski definition) is 3. The van der Waals surface area contributed by atoms with Gasteiger partial charge in [-0.05, 0) is 81.7 Å². The molecule has 4 bridgehead atoms. The minimum absolute atomic E-state index is 0.00795. The molecule has 3 N–H and O–H groups in total. The Kier molecular flexibility index (Phi) is 5.09. The van der Waals surface area contributed by atoms with Gasteiger partial charge in [-0.1, -0.05) is 0 Å². The fourth-order valence-corrected chi connectivity index (χ4v) is 6.67. The Morgan fingerprint density at radius 2 is 1.93 bits per heavy atom. The van der Waals surface area contributed by atoms with Gasteiger partial charge in [0.05, 0.1) is 5.60 Å². The molecule has 1 aromatic rings. The molecule has 2 radical (unpaired) electrons. The number of nitrogens with one attached hydrogen (secondary N) is 2. The van der Waals surface area contributed by atoms with Gasteiger partial charge < -0.3 is 20.6 Å². The number of piperidine rings is 1. The van der Waals surface area contributed by atoms with Crippen molar-refractivity contribution in [2.45, 2.75) is 56.6 Å². The number of aromatic nitrogens is 2. The second-order valence-corrected chi connectivity index (χ2v) is 10.2. The first-order valence-electron chi connectivity index (χ1n) is 11.3. The predicted octanol–water partition coefficient (Wildman–Crippen LogP) is 1.44. The number of carbonyl (C=O) groups is 1. The van der Waals surface area contributed by atoms with Crippen molar-refractivity contribution < 1.29 is 14.3 Å². The van der Waals surface area contributed by atoms with Crippen LogP contribution in [0.5, 0.6) is 0 Å². The van der Waals surface area contributed by atoms with Crippen molar-refractivity contribution in [3.63, 3.8) is 0 Å². The van der Waals surface area contributed by atoms with Gasteiger partial charge in [0.1, 0.15) is 0 Å². The van der Waals surface area contributed by atoms with Gasteiger partial charge in [0.15, 0.2) is 25.3 Å². The Morgan fingerprint density at radius 1 is 1.27 bits per heavy atom. The molecule has 4 saturated carbocycles. The summed E-state index contributed by atoms with van der Waals surface area (Å²) < 4.78 is 16.5. The first-order chi connectivity index (χ1) is 14.3. The van der Waals surface area contributed by atoms with E-state index >= 15 is 4.39 Å². The number of aryl methyl sites for hydroxylation is 1. The second-order valence-electron chi connectivity index (χ2n) is 10.2. The summed E-state index contributed by atoms with van der Waals surface area (Å²) in [6.07, 6.45) is 6.40. The van der Waals surface area contributed by atoms with Crippen molar-refractivity contribution in [2.24, 2.45) is 30.7 Å². The van der Waals surface area contributed by atoms with Crippen molar-refractivity contribution in [1.29, 1.82) is 0 Å². The van der Waals surface area contributed by atoms with Gasteiger partial charge >= 0.3 is 0 Å². The highest BCUT2D eigenvalue weighted by molar-refractivity contribution is 6.04. The molecule has 0 aromatic carbocycles. The fraction of sp³-hybridized carbons (Fsp3) is 0.810. The maximum Gasteiger partial charge on any atom is 0.275 e. The van der Waals surface area contributed by atoms with Crippen LogP contribution in [0, 0.1) is 29.5 Å². The Labute approximate surface area is 178 Å². The number of carbonyl (C=O) groups excluding carboxylic acids is 1. The van der Waals surface area contributed by atoms with E-state index in [9.17, 15) is 9.90 Å². The van der Waals surface area contributed by atoms with Gasteiger partial charge in [0.25, 0.3) is 5.91 Å². The van der Waals surface area contributed by atoms with Gasteiger partial charge in [-0.3, -0.25) is 4.79 Å². The Balaban J connectivity index is 1.24. The van der Waals surface area contributed by atoms with Crippen LogP contribution in [0.2, 0.25) is 0 Å². The highest BCUT2D eigenvalue weighted by Gasteiger charge is 2.55. The third-order valence-corrected chi connectivity index (χ3v) is 7.95. The SMILES string of the molecule is [B]N1CCC(CNc2c(F)c(C(=O)NC3C4CC5CC3CC(O)(C5)C4)nn2C)CC1. The normalized spacial score (nSPS) is 36.2. The lowest BCUT2D eigenvalue weighted by molar-refractivity contribution is -0.137. The maximum atomic E-state index is 15.1. The van der Waals surface area contributed by atoms with Gasteiger partial charge in [-0.15, -0.1) is 0 Å². The van der Waals surface area contributed by atoms with Crippen LogP contribution in [-0.4, -0.2) is 64.9 Å². The Hall–Kier alpha value is -1.61. The van der Waals surface area contributed by atoms with Crippen molar-refractivity contribution in [2.75, 3.05) is 25.0 Å². The molecule has 2 unspecified atom stereocenters. The van der Waals surface area contributed by atoms with Gasteiger partial charge in [0, 0.05) is 19.6 Å². The van der Waals surface area contributed by atoms with E-state index < -0.39 is 17.3 Å². The van der Waals surface area contributed by atoms with Gasteiger partial charge in [-0.2, -0.15) is 5.10 Å². The highest BCUT2D eigenvalue weighted by Crippen LogP contribution is 2.55. The highest BCUT2D eigenvalue weighted by atomic mass is 19.1. The third kappa shape index (κ3) is 3.64. The summed E-state index contributed by atoms with van der Waals surface area (Å²) in [5.74, 6) is 0.774. The van der Waals surface area contributed by atoms with Crippen LogP contribution in [0.25, 0.3) is 0 Å². The first-order valence-corrected chi connectivity index (χ1v) is 11.3. The van der Waals surface area contributed by atoms with E-state index in [0.29, 0.717) is 18.4 Å². The Bertz CT molecular complexity index is 809. The summed E-state index contributed by atoms with van der Waals surface area (Å²) in [5, 5.41) is 21.1. The molecule has 5 aliphatic rings. The molecule has 1 saturated heterocycles. The molecule has 1 aliphatic heterocycles. The largest absolute Gasteiger partial charge is 0.390 e. The van der Waals surface area contributed by atoms with E-state index in [0.717, 1.165) is 58.0 Å². The van der Waals surface area contributed by atoms with E-state index in [2.05, 4.69) is 15.7 Å². The number of hydrogen-bond acceptors (Lipinski definition) is 5. The third-order valence-electron chi connectivity index (χ3n) is 7.95. The van der Waals surface area contributed by atoms with E-state index in [1.807, 2.05) is 4.81 Å². The molecule has 1 amide bonds. The summed E-state index contributed by atoms with van der Waals surface area (Å²) in [7, 11) is 7.45. The summed E-state index contributed by atoms with van der Waals surface area (Å²) in [4.78, 5) is 14.7. The zero-order valence-corrected chi connectivity index (χ0v) is 17.6. The van der Waals surface area contributed by atoms with E-state index in [1.165, 1.54) is 4.68 Å². The molecule has 2 atom stereocenters. The van der Waals surface area contributed by atoms with E-state index in [1.54, 1.807) is 7.05 Å². The zero-order valence-electron chi connectivity index (χ0n) is 17.6. The molecular weight excluding hydrogens is 384 g/mol. The zero-order chi connectivity index (χ0) is 21.0. The first kappa shape index (κ1) is 20.3. The molecule has 0 spiro atoms. The second kappa shape index (κ2) is 7.52. The molecule has 162 valence electrons. The molecule has 1 aromatic heterocycles. The van der Waals surface area contributed by atoms with Crippen LogP contribution in [0.3, 0.4) is 0 Å². The predicted molar refractivity (Wildman–Crippen MR) is 111 cm³/mol. The molecule has 6 rings (SSSR count). The molecule has 7 nitrogen and oxygen atoms in total. The van der Waals surface area contributed by atoms with Crippen LogP contribution >= 0.6 is 0 Å². The fourth-order valence-electron chi connectivity index (χ4n) is 6.67. The average molecular weight is 415 g/mol. The number of amides is 1. The Morgan fingerprint density at radius 3 is 2.57 bits per heavy atom. The lowest BCUT2D eigenvalue weighted by atomic mass is 9.52. The van der Waals surface area contributed by atoms with Crippen LogP contribution in [0.15, 0.2) is 0 Å². The van der Waals surface area contributed by atoms with Crippen molar-refractivity contribution >= 4 is 19.7 Å². The number of halogens is 1. The summed E-state index contributed by atoms with van der Waals surface area (Å²) in [6.45, 7) is 2.32. The quantitative estimate of drug-likeness (QED) is 0.634. The molecule has 30 heavy (non-hydrogen) atoms. The molecule has 5 fully saturated rings. The van der Waals surface area contributed by atoms with Crippen molar-refractivity contribution in [3.8, 4) is 0 Å². The lowest BCUT2D eigenvalue weighted by Gasteiger charge is -2.58. The summed E-state index contributed by atoms with van der Waals surface area (Å²) in [6, 6.07) is 0.00795. The maximum absolute atomic E-state index is 15.1. The molecule has 4 aliphatic carbocycles. The van der Waals surface area contributed by atoms with Crippen molar-refractivity contribution in [3.05, 3.63) is 11.5 Å². The molecular formula is C21H31BFN5O2. The van der Waals surface area contributed by atoms with Crippen LogP contribution in [-0.2, 0) is 7.05 Å². The van der Waals surface area contributed by atoms with E-state index in [4.69, 9.17) is 7.98 Å². The topological polar surface area (TPSA) is 82.4 Å². The van der Waals surface area contributed by atoms with E-state index in [-0.39, 0.29) is 29.4 Å². The molecule has 2 heterocycles. The lowest BCUT2D eigenvalue weighted by Crippen LogP contribution is -2.61. The van der Waals surface area contributed by atoms with Crippen LogP contribution in [0.1, 0.15) is 55.4 Å². The van der Waals surface area contributed by atoms with Crippen LogP contribution in [0.4, 0.5) is 10.2 Å². The minimum atomic E-state index is -0.589. The van der Waals surface area contributed by atoms with Gasteiger partial charge in [-0.25, -0.2) is 9.07 Å². The smallest absolute Gasteiger partial charge is 0.275 e. The molecule has 9 heteroatoms.